The number of ether oxygens (including phenoxy) is 2. The van der Waals surface area contributed by atoms with E-state index in [4.69, 9.17) is 0 Å². The zero-order chi connectivity index (χ0) is 9.84. The van der Waals surface area contributed by atoms with Gasteiger partial charge in [0.15, 0.2) is 11.6 Å². The van der Waals surface area contributed by atoms with E-state index in [2.05, 4.69) is 9.47 Å². The molecular formula is C9H9FO3. The summed E-state index contributed by atoms with van der Waals surface area (Å²) in [5.41, 5.74) is 0.418. The maximum atomic E-state index is 13.2. The highest BCUT2D eigenvalue weighted by atomic mass is 19.1. The second kappa shape index (κ2) is 3.89. The Balaban J connectivity index is 2.89. The molecular weight excluding hydrogens is 175 g/mol. The second-order valence-electron chi connectivity index (χ2n) is 2.44. The number of methoxy groups -OCH3 is 1. The fraction of sp³-hybridized carbons (Fsp3) is 0.222. The Kier molecular flexibility index (Phi) is 2.84. The Hall–Kier alpha value is -1.58. The quantitative estimate of drug-likeness (QED) is 0.496. The average molecular weight is 184 g/mol. The van der Waals surface area contributed by atoms with Gasteiger partial charge in [0.05, 0.1) is 7.11 Å². The van der Waals surface area contributed by atoms with E-state index in [0.717, 1.165) is 7.11 Å². The highest BCUT2D eigenvalue weighted by molar-refractivity contribution is 5.63. The van der Waals surface area contributed by atoms with E-state index in [0.29, 0.717) is 5.56 Å². The van der Waals surface area contributed by atoms with Crippen LogP contribution in [0.4, 0.5) is 9.18 Å². The van der Waals surface area contributed by atoms with Crippen molar-refractivity contribution < 1.29 is 18.7 Å². The van der Waals surface area contributed by atoms with E-state index in [-0.39, 0.29) is 5.75 Å². The molecule has 0 aliphatic heterocycles. The van der Waals surface area contributed by atoms with Crippen LogP contribution in [0.3, 0.4) is 0 Å². The minimum Gasteiger partial charge on any atom is -0.437 e. The van der Waals surface area contributed by atoms with Crippen molar-refractivity contribution in [3.8, 4) is 5.75 Å². The van der Waals surface area contributed by atoms with Gasteiger partial charge in [0.1, 0.15) is 0 Å². The van der Waals surface area contributed by atoms with Crippen molar-refractivity contribution in [2.24, 2.45) is 0 Å². The molecule has 0 aliphatic carbocycles. The predicted octanol–water partition coefficient (Wildman–Crippen LogP) is 2.28. The first-order valence-electron chi connectivity index (χ1n) is 3.66. The van der Waals surface area contributed by atoms with Gasteiger partial charge in [-0.05, 0) is 18.6 Å². The minimum absolute atomic E-state index is 0.119. The van der Waals surface area contributed by atoms with Gasteiger partial charge in [0.25, 0.3) is 0 Å². The van der Waals surface area contributed by atoms with E-state index in [1.165, 1.54) is 6.07 Å². The lowest BCUT2D eigenvalue weighted by molar-refractivity contribution is 0.119. The smallest absolute Gasteiger partial charge is 0.437 e. The number of aryl methyl sites for hydroxylation is 1. The molecule has 0 bridgehead atoms. The van der Waals surface area contributed by atoms with Crippen LogP contribution in [-0.4, -0.2) is 13.3 Å². The molecule has 0 saturated carbocycles. The molecule has 0 spiro atoms. The molecule has 0 saturated heterocycles. The zero-order valence-electron chi connectivity index (χ0n) is 7.33. The van der Waals surface area contributed by atoms with Gasteiger partial charge in [-0.15, -0.1) is 0 Å². The summed E-state index contributed by atoms with van der Waals surface area (Å²) < 4.78 is 21.9. The number of hydrogen-bond acceptors (Lipinski definition) is 3. The average Bonchev–Trinajstić information content (AvgIpc) is 2.13. The van der Waals surface area contributed by atoms with Crippen LogP contribution in [0, 0.1) is 12.7 Å². The Morgan fingerprint density at radius 1 is 1.46 bits per heavy atom. The third-order valence-electron chi connectivity index (χ3n) is 1.52. The van der Waals surface area contributed by atoms with Crippen LogP contribution in [0.25, 0.3) is 0 Å². The van der Waals surface area contributed by atoms with Crippen LogP contribution in [0.1, 0.15) is 5.56 Å². The number of rotatable bonds is 1. The lowest BCUT2D eigenvalue weighted by atomic mass is 10.2. The van der Waals surface area contributed by atoms with Gasteiger partial charge < -0.3 is 9.47 Å². The van der Waals surface area contributed by atoms with Gasteiger partial charge >= 0.3 is 6.16 Å². The van der Waals surface area contributed by atoms with Crippen molar-refractivity contribution >= 4 is 6.16 Å². The van der Waals surface area contributed by atoms with Crippen molar-refractivity contribution in [2.45, 2.75) is 6.92 Å². The molecule has 0 aliphatic rings. The lowest BCUT2D eigenvalue weighted by Gasteiger charge is -2.04. The van der Waals surface area contributed by atoms with Crippen LogP contribution >= 0.6 is 0 Å². The van der Waals surface area contributed by atoms with Crippen LogP contribution < -0.4 is 4.74 Å². The highest BCUT2D eigenvalue weighted by Crippen LogP contribution is 2.19. The highest BCUT2D eigenvalue weighted by Gasteiger charge is 2.10. The van der Waals surface area contributed by atoms with Crippen LogP contribution in [0.5, 0.6) is 5.75 Å². The van der Waals surface area contributed by atoms with E-state index in [1.807, 2.05) is 0 Å². The maximum absolute atomic E-state index is 13.2. The predicted molar refractivity (Wildman–Crippen MR) is 44.2 cm³/mol. The third-order valence-corrected chi connectivity index (χ3v) is 1.52. The maximum Gasteiger partial charge on any atom is 0.513 e. The van der Waals surface area contributed by atoms with Gasteiger partial charge in [-0.1, -0.05) is 12.1 Å². The monoisotopic (exact) mass is 184 g/mol. The Morgan fingerprint density at radius 2 is 2.15 bits per heavy atom. The molecule has 1 rings (SSSR count). The molecule has 0 heterocycles. The summed E-state index contributed by atoms with van der Waals surface area (Å²) in [6.07, 6.45) is -0.926. The molecule has 0 unspecified atom stereocenters. The normalized spacial score (nSPS) is 9.46. The standard InChI is InChI=1S/C9H9FO3/c1-6-4-3-5-7(8(6)10)13-9(11)12-2/h3-5H,1-2H3. The first kappa shape index (κ1) is 9.51. The second-order valence-corrected chi connectivity index (χ2v) is 2.44. The van der Waals surface area contributed by atoms with Gasteiger partial charge in [-0.2, -0.15) is 0 Å². The molecule has 4 heteroatoms. The first-order valence-corrected chi connectivity index (χ1v) is 3.66. The zero-order valence-corrected chi connectivity index (χ0v) is 7.33. The SMILES string of the molecule is COC(=O)Oc1cccc(C)c1F. The number of halogens is 1. The molecule has 0 aromatic heterocycles. The first-order chi connectivity index (χ1) is 6.15. The van der Waals surface area contributed by atoms with Gasteiger partial charge in [-0.3, -0.25) is 0 Å². The van der Waals surface area contributed by atoms with Gasteiger partial charge in [0, 0.05) is 0 Å². The van der Waals surface area contributed by atoms with E-state index < -0.39 is 12.0 Å². The van der Waals surface area contributed by atoms with E-state index in [9.17, 15) is 9.18 Å². The van der Waals surface area contributed by atoms with Crippen molar-refractivity contribution in [3.05, 3.63) is 29.6 Å². The summed E-state index contributed by atoms with van der Waals surface area (Å²) in [7, 11) is 1.16. The van der Waals surface area contributed by atoms with Crippen LogP contribution in [-0.2, 0) is 4.74 Å². The molecule has 1 aromatic carbocycles. The van der Waals surface area contributed by atoms with Gasteiger partial charge in [0.2, 0.25) is 0 Å². The summed E-state index contributed by atoms with van der Waals surface area (Å²) in [5.74, 6) is -0.667. The van der Waals surface area contributed by atoms with Crippen molar-refractivity contribution in [2.75, 3.05) is 7.11 Å². The summed E-state index contributed by atoms with van der Waals surface area (Å²) in [5, 5.41) is 0. The molecule has 3 nitrogen and oxygen atoms in total. The molecule has 0 amide bonds. The van der Waals surface area contributed by atoms with Crippen molar-refractivity contribution in [3.63, 3.8) is 0 Å². The summed E-state index contributed by atoms with van der Waals surface area (Å²) in [4.78, 5) is 10.6. The minimum atomic E-state index is -0.926. The summed E-state index contributed by atoms with van der Waals surface area (Å²) >= 11 is 0. The summed E-state index contributed by atoms with van der Waals surface area (Å²) in [6, 6.07) is 4.54. The number of carbonyl (C=O) groups excluding carboxylic acids is 1. The fourth-order valence-electron chi connectivity index (χ4n) is 0.831. The van der Waals surface area contributed by atoms with Crippen molar-refractivity contribution in [1.82, 2.24) is 0 Å². The molecule has 0 N–H and O–H groups in total. The van der Waals surface area contributed by atoms with E-state index >= 15 is 0 Å². The van der Waals surface area contributed by atoms with Gasteiger partial charge in [-0.25, -0.2) is 9.18 Å². The van der Waals surface area contributed by atoms with E-state index in [1.54, 1.807) is 19.1 Å². The third kappa shape index (κ3) is 2.18. The fourth-order valence-corrected chi connectivity index (χ4v) is 0.831. The topological polar surface area (TPSA) is 35.5 Å². The molecule has 13 heavy (non-hydrogen) atoms. The Labute approximate surface area is 75.1 Å². The van der Waals surface area contributed by atoms with Crippen LogP contribution in [0.15, 0.2) is 18.2 Å². The summed E-state index contributed by atoms with van der Waals surface area (Å²) in [6.45, 7) is 1.58. The molecule has 70 valence electrons. The number of carbonyl (C=O) groups is 1. The Bertz CT molecular complexity index is 323. The van der Waals surface area contributed by atoms with Crippen LogP contribution in [0.2, 0.25) is 0 Å². The lowest BCUT2D eigenvalue weighted by Crippen LogP contribution is -2.08. The number of hydrogen-bond donors (Lipinski definition) is 0. The largest absolute Gasteiger partial charge is 0.513 e. The molecule has 0 radical (unpaired) electrons. The van der Waals surface area contributed by atoms with Crippen molar-refractivity contribution in [1.29, 1.82) is 0 Å². The molecule has 1 aromatic rings. The molecule has 0 atom stereocenters. The Morgan fingerprint density at radius 3 is 2.77 bits per heavy atom. The molecule has 0 fully saturated rings. The number of benzene rings is 1.